The van der Waals surface area contributed by atoms with E-state index in [1.165, 1.54) is 6.92 Å². The lowest BCUT2D eigenvalue weighted by molar-refractivity contribution is -0.124. The summed E-state index contributed by atoms with van der Waals surface area (Å²) in [6.45, 7) is 2.21. The van der Waals surface area contributed by atoms with Gasteiger partial charge in [0.25, 0.3) is 11.8 Å². The number of amides is 3. The Bertz CT molecular complexity index is 1100. The van der Waals surface area contributed by atoms with Gasteiger partial charge in [-0.15, -0.1) is 10.2 Å². The highest BCUT2D eigenvalue weighted by atomic mass is 16.2. The topological polar surface area (TPSA) is 129 Å². The molecule has 1 aliphatic rings. The van der Waals surface area contributed by atoms with Crippen molar-refractivity contribution < 1.29 is 14.4 Å². The molecular formula is C22H21N7O3. The number of aromatic nitrogens is 3. The number of hydrogen-bond acceptors (Lipinski definition) is 8. The first-order valence-electron chi connectivity index (χ1n) is 10.0. The fourth-order valence-corrected chi connectivity index (χ4v) is 3.28. The zero-order chi connectivity index (χ0) is 22.5. The van der Waals surface area contributed by atoms with E-state index in [9.17, 15) is 14.4 Å². The van der Waals surface area contributed by atoms with Crippen LogP contribution in [0, 0.1) is 0 Å². The number of imide groups is 1. The Kier molecular flexibility index (Phi) is 6.02. The molecule has 0 unspecified atom stereocenters. The maximum Gasteiger partial charge on any atom is 0.262 e. The van der Waals surface area contributed by atoms with Crippen molar-refractivity contribution in [2.24, 2.45) is 0 Å². The number of benzene rings is 1. The average Bonchev–Trinajstić information content (AvgIpc) is 3.08. The Balaban J connectivity index is 1.24. The summed E-state index contributed by atoms with van der Waals surface area (Å²) in [4.78, 5) is 42.4. The van der Waals surface area contributed by atoms with Crippen LogP contribution in [0.1, 0.15) is 27.6 Å². The van der Waals surface area contributed by atoms with Crippen LogP contribution < -0.4 is 16.0 Å². The first-order chi connectivity index (χ1) is 15.5. The second kappa shape index (κ2) is 9.21. The first kappa shape index (κ1) is 20.9. The Morgan fingerprint density at radius 2 is 1.53 bits per heavy atom. The second-order valence-corrected chi connectivity index (χ2v) is 7.08. The molecule has 1 aromatic carbocycles. The van der Waals surface area contributed by atoms with Crippen molar-refractivity contribution in [3.63, 3.8) is 0 Å². The molecule has 32 heavy (non-hydrogen) atoms. The summed E-state index contributed by atoms with van der Waals surface area (Å²) in [6.07, 6.45) is 3.35. The SMILES string of the molecule is C[C@@H](C(=O)NCCNc1ccc(Nc2ccncc2)nn1)N1C(=O)c2ccccc2C1=O. The zero-order valence-corrected chi connectivity index (χ0v) is 17.3. The summed E-state index contributed by atoms with van der Waals surface area (Å²) < 4.78 is 0. The van der Waals surface area contributed by atoms with Crippen molar-refractivity contribution in [1.29, 1.82) is 0 Å². The van der Waals surface area contributed by atoms with E-state index in [0.29, 0.717) is 29.3 Å². The van der Waals surface area contributed by atoms with Crippen molar-refractivity contribution in [2.75, 3.05) is 23.7 Å². The fourth-order valence-electron chi connectivity index (χ4n) is 3.28. The molecule has 4 rings (SSSR count). The minimum Gasteiger partial charge on any atom is -0.367 e. The minimum absolute atomic E-state index is 0.283. The predicted molar refractivity (Wildman–Crippen MR) is 117 cm³/mol. The van der Waals surface area contributed by atoms with Crippen LogP contribution in [0.5, 0.6) is 0 Å². The van der Waals surface area contributed by atoms with Crippen LogP contribution in [0.4, 0.5) is 17.3 Å². The van der Waals surface area contributed by atoms with Gasteiger partial charge in [-0.1, -0.05) is 12.1 Å². The number of pyridine rings is 1. The van der Waals surface area contributed by atoms with E-state index < -0.39 is 23.8 Å². The lowest BCUT2D eigenvalue weighted by Gasteiger charge is -2.21. The summed E-state index contributed by atoms with van der Waals surface area (Å²) >= 11 is 0. The van der Waals surface area contributed by atoms with Gasteiger partial charge in [0.2, 0.25) is 5.91 Å². The molecule has 0 bridgehead atoms. The van der Waals surface area contributed by atoms with Crippen LogP contribution in [0.3, 0.4) is 0 Å². The van der Waals surface area contributed by atoms with Crippen molar-refractivity contribution >= 4 is 35.0 Å². The molecule has 3 N–H and O–H groups in total. The Morgan fingerprint density at radius 1 is 0.906 bits per heavy atom. The first-order valence-corrected chi connectivity index (χ1v) is 10.0. The number of nitrogens with one attached hydrogen (secondary N) is 3. The summed E-state index contributed by atoms with van der Waals surface area (Å²) in [5.41, 5.74) is 1.49. The van der Waals surface area contributed by atoms with Gasteiger partial charge in [-0.25, -0.2) is 0 Å². The minimum atomic E-state index is -0.916. The molecule has 3 heterocycles. The summed E-state index contributed by atoms with van der Waals surface area (Å²) in [5, 5.41) is 17.1. The highest BCUT2D eigenvalue weighted by molar-refractivity contribution is 6.22. The van der Waals surface area contributed by atoms with Gasteiger partial charge < -0.3 is 16.0 Å². The molecule has 3 amide bonds. The number of hydrogen-bond donors (Lipinski definition) is 3. The van der Waals surface area contributed by atoms with E-state index in [1.807, 2.05) is 12.1 Å². The summed E-state index contributed by atoms with van der Waals surface area (Å²) in [6, 6.07) is 12.8. The van der Waals surface area contributed by atoms with Crippen LogP contribution in [0.15, 0.2) is 60.9 Å². The van der Waals surface area contributed by atoms with Crippen molar-refractivity contribution in [3.8, 4) is 0 Å². The third-order valence-electron chi connectivity index (χ3n) is 4.94. The molecule has 162 valence electrons. The number of anilines is 3. The maximum atomic E-state index is 12.5. The van der Waals surface area contributed by atoms with Crippen LogP contribution in [-0.2, 0) is 4.79 Å². The molecule has 0 spiro atoms. The van der Waals surface area contributed by atoms with Crippen molar-refractivity contribution in [3.05, 3.63) is 72.1 Å². The van der Waals surface area contributed by atoms with E-state index in [2.05, 4.69) is 31.1 Å². The lowest BCUT2D eigenvalue weighted by Crippen LogP contribution is -2.48. The maximum absolute atomic E-state index is 12.5. The molecule has 10 heteroatoms. The largest absolute Gasteiger partial charge is 0.367 e. The van der Waals surface area contributed by atoms with Gasteiger partial charge in [-0.05, 0) is 43.3 Å². The molecule has 0 aliphatic carbocycles. The number of fused-ring (bicyclic) bond motifs is 1. The van der Waals surface area contributed by atoms with Gasteiger partial charge in [0.1, 0.15) is 11.9 Å². The van der Waals surface area contributed by atoms with Gasteiger partial charge in [0.15, 0.2) is 5.82 Å². The second-order valence-electron chi connectivity index (χ2n) is 7.08. The van der Waals surface area contributed by atoms with E-state index in [1.54, 1.807) is 48.8 Å². The van der Waals surface area contributed by atoms with E-state index >= 15 is 0 Å². The Hall–Kier alpha value is -4.34. The van der Waals surface area contributed by atoms with Gasteiger partial charge in [0.05, 0.1) is 11.1 Å². The van der Waals surface area contributed by atoms with Crippen LogP contribution in [0.25, 0.3) is 0 Å². The zero-order valence-electron chi connectivity index (χ0n) is 17.3. The van der Waals surface area contributed by atoms with Gasteiger partial charge >= 0.3 is 0 Å². The normalized spacial score (nSPS) is 13.5. The third-order valence-corrected chi connectivity index (χ3v) is 4.94. The molecule has 1 atom stereocenters. The van der Waals surface area contributed by atoms with Crippen LogP contribution in [-0.4, -0.2) is 56.9 Å². The lowest BCUT2D eigenvalue weighted by atomic mass is 10.1. The third kappa shape index (κ3) is 4.38. The monoisotopic (exact) mass is 431 g/mol. The quantitative estimate of drug-likeness (QED) is 0.364. The molecule has 0 radical (unpaired) electrons. The highest BCUT2D eigenvalue weighted by Gasteiger charge is 2.40. The van der Waals surface area contributed by atoms with E-state index in [4.69, 9.17) is 0 Å². The molecule has 0 fully saturated rings. The van der Waals surface area contributed by atoms with Crippen LogP contribution >= 0.6 is 0 Å². The van der Waals surface area contributed by atoms with E-state index in [0.717, 1.165) is 10.6 Å². The molecule has 10 nitrogen and oxygen atoms in total. The molecule has 0 saturated heterocycles. The van der Waals surface area contributed by atoms with Crippen molar-refractivity contribution in [1.82, 2.24) is 25.4 Å². The number of carbonyl (C=O) groups is 3. The standard InChI is InChI=1S/C22H21N7O3/c1-14(29-21(31)16-4-2-3-5-17(16)22(29)32)20(30)25-13-12-24-18-6-7-19(28-27-18)26-15-8-10-23-11-9-15/h2-11,14H,12-13H2,1H3,(H,24,27)(H,25,30)(H,23,26,28)/t14-/m0/s1. The smallest absolute Gasteiger partial charge is 0.262 e. The van der Waals surface area contributed by atoms with Crippen LogP contribution in [0.2, 0.25) is 0 Å². The predicted octanol–water partition coefficient (Wildman–Crippen LogP) is 1.83. The molecular weight excluding hydrogens is 410 g/mol. The number of nitrogens with zero attached hydrogens (tertiary/aromatic N) is 4. The molecule has 0 saturated carbocycles. The summed E-state index contributed by atoms with van der Waals surface area (Å²) in [5.74, 6) is -0.189. The fraction of sp³-hybridized carbons (Fsp3) is 0.182. The number of carbonyl (C=O) groups excluding carboxylic acids is 3. The van der Waals surface area contributed by atoms with Gasteiger partial charge in [-0.3, -0.25) is 24.3 Å². The average molecular weight is 431 g/mol. The van der Waals surface area contributed by atoms with Crippen molar-refractivity contribution in [2.45, 2.75) is 13.0 Å². The van der Waals surface area contributed by atoms with Gasteiger partial charge in [0, 0.05) is 31.2 Å². The Morgan fingerprint density at radius 3 is 2.16 bits per heavy atom. The summed E-state index contributed by atoms with van der Waals surface area (Å²) in [7, 11) is 0. The number of rotatable bonds is 8. The van der Waals surface area contributed by atoms with E-state index in [-0.39, 0.29) is 6.54 Å². The van der Waals surface area contributed by atoms with Gasteiger partial charge in [-0.2, -0.15) is 0 Å². The Labute approximate surface area is 184 Å². The molecule has 3 aromatic rings. The molecule has 2 aromatic heterocycles. The molecule has 1 aliphatic heterocycles. The highest BCUT2D eigenvalue weighted by Crippen LogP contribution is 2.24.